The summed E-state index contributed by atoms with van der Waals surface area (Å²) in [4.78, 5) is 17.5. The van der Waals surface area contributed by atoms with Crippen LogP contribution < -0.4 is 5.14 Å². The first kappa shape index (κ1) is 27.5. The normalized spacial score (nSPS) is 15.3. The lowest BCUT2D eigenvalue weighted by atomic mass is 9.96. The van der Waals surface area contributed by atoms with Crippen molar-refractivity contribution >= 4 is 28.3 Å². The molecule has 2 saturated carbocycles. The second-order valence-electron chi connectivity index (χ2n) is 10.5. The van der Waals surface area contributed by atoms with E-state index >= 15 is 0 Å². The molecule has 2 aromatic carbocycles. The second kappa shape index (κ2) is 11.7. The zero-order chi connectivity index (χ0) is 28.5. The Morgan fingerprint density at radius 2 is 1.98 bits per heavy atom. The average molecular weight is 590 g/mol. The molecule has 2 fully saturated rings. The third-order valence-corrected chi connectivity index (χ3v) is 8.85. The summed E-state index contributed by atoms with van der Waals surface area (Å²) in [7, 11) is -1.92. The van der Waals surface area contributed by atoms with E-state index in [0.29, 0.717) is 33.8 Å². The van der Waals surface area contributed by atoms with Crippen molar-refractivity contribution in [3.63, 3.8) is 0 Å². The first-order chi connectivity index (χ1) is 19.9. The number of thiol groups is 1. The topological polar surface area (TPSA) is 100 Å². The smallest absolute Gasteiger partial charge is 0.357 e. The Morgan fingerprint density at radius 3 is 2.66 bits per heavy atom. The Kier molecular flexibility index (Phi) is 7.84. The molecule has 0 aliphatic heterocycles. The first-order valence-electron chi connectivity index (χ1n) is 13.8. The van der Waals surface area contributed by atoms with Crippen LogP contribution in [0.5, 0.6) is 0 Å². The second-order valence-corrected chi connectivity index (χ2v) is 12.5. The number of aromatic nitrogens is 3. The highest BCUT2D eigenvalue weighted by molar-refractivity contribution is 7.82. The maximum absolute atomic E-state index is 14.8. The summed E-state index contributed by atoms with van der Waals surface area (Å²) in [5.41, 5.74) is 5.10. The zero-order valence-corrected chi connectivity index (χ0v) is 24.3. The number of nitrogens with zero attached hydrogens (tertiary/aromatic N) is 3. The first-order valence-corrected chi connectivity index (χ1v) is 16.0. The van der Waals surface area contributed by atoms with E-state index in [1.54, 1.807) is 36.6 Å². The van der Waals surface area contributed by atoms with Gasteiger partial charge in [-0.15, -0.1) is 16.5 Å². The molecule has 2 aromatic heterocycles. The lowest BCUT2D eigenvalue weighted by molar-refractivity contribution is 0.0520. The quantitative estimate of drug-likeness (QED) is 0.120. The minimum Gasteiger partial charge on any atom is -0.461 e. The average Bonchev–Trinajstić information content (AvgIpc) is 3.89. The highest BCUT2D eigenvalue weighted by Gasteiger charge is 2.29. The molecule has 0 radical (unpaired) electrons. The minimum atomic E-state index is -1.92. The summed E-state index contributed by atoms with van der Waals surface area (Å²) < 4.78 is 33.5. The molecule has 1 atom stereocenters. The van der Waals surface area contributed by atoms with Crippen LogP contribution in [0.4, 0.5) is 4.39 Å². The maximum Gasteiger partial charge on any atom is 0.357 e. The fourth-order valence-electron chi connectivity index (χ4n) is 4.67. The molecule has 10 heteroatoms. The van der Waals surface area contributed by atoms with Gasteiger partial charge in [-0.1, -0.05) is 28.2 Å². The van der Waals surface area contributed by atoms with Crippen molar-refractivity contribution in [1.29, 1.82) is 0 Å². The molecule has 2 N–H and O–H groups in total. The van der Waals surface area contributed by atoms with Crippen molar-refractivity contribution in [2.75, 3.05) is 6.61 Å². The van der Waals surface area contributed by atoms with Crippen LogP contribution in [0.25, 0.3) is 16.4 Å². The monoisotopic (exact) mass is 589 g/mol. The van der Waals surface area contributed by atoms with Gasteiger partial charge in [-0.3, -0.25) is 0 Å². The van der Waals surface area contributed by atoms with Crippen molar-refractivity contribution in [3.8, 4) is 28.2 Å². The van der Waals surface area contributed by atoms with Crippen molar-refractivity contribution in [2.45, 2.75) is 50.3 Å². The van der Waals surface area contributed by atoms with E-state index in [2.05, 4.69) is 16.8 Å². The van der Waals surface area contributed by atoms with Gasteiger partial charge in [0.25, 0.3) is 0 Å². The van der Waals surface area contributed by atoms with Crippen LogP contribution in [0.3, 0.4) is 0 Å². The summed E-state index contributed by atoms with van der Waals surface area (Å²) >= 11 is 1.33. The van der Waals surface area contributed by atoms with E-state index in [0.717, 1.165) is 60.2 Å². The predicted molar refractivity (Wildman–Crippen MR) is 158 cm³/mol. The molecule has 6 rings (SSSR count). The number of benzene rings is 2. The number of carbonyl (C=O) groups is 1. The number of rotatable bonds is 9. The molecule has 0 bridgehead atoms. The Hall–Kier alpha value is -3.65. The van der Waals surface area contributed by atoms with Crippen LogP contribution in [-0.2, 0) is 32.8 Å². The van der Waals surface area contributed by atoms with Gasteiger partial charge in [0.2, 0.25) is 5.13 Å². The fourth-order valence-corrected chi connectivity index (χ4v) is 5.88. The summed E-state index contributed by atoms with van der Waals surface area (Å²) in [6, 6.07) is 12.4. The van der Waals surface area contributed by atoms with E-state index in [-0.39, 0.29) is 18.1 Å². The van der Waals surface area contributed by atoms with E-state index in [9.17, 15) is 13.4 Å². The molecular formula is C31H30FN4O3S2+. The van der Waals surface area contributed by atoms with Crippen molar-refractivity contribution in [3.05, 3.63) is 81.7 Å². The summed E-state index contributed by atoms with van der Waals surface area (Å²) in [6.07, 6.45) is 5.76. The number of hydrogen-bond acceptors (Lipinski definition) is 6. The molecule has 0 amide bonds. The fraction of sp³-hybridized carbons (Fsp3) is 0.323. The summed E-state index contributed by atoms with van der Waals surface area (Å²) in [5, 5.41) is 12.9. The summed E-state index contributed by atoms with van der Waals surface area (Å²) in [5.74, 6) is 6.26. The van der Waals surface area contributed by atoms with Gasteiger partial charge >= 0.3 is 5.97 Å². The van der Waals surface area contributed by atoms with Gasteiger partial charge in [0, 0.05) is 28.8 Å². The highest BCUT2D eigenvalue weighted by atomic mass is 32.2. The number of nitrogens with two attached hydrogens (primary N) is 1. The Labute approximate surface area is 244 Å². The van der Waals surface area contributed by atoms with E-state index in [4.69, 9.17) is 15.0 Å². The van der Waals surface area contributed by atoms with Gasteiger partial charge in [0.15, 0.2) is 21.6 Å². The van der Waals surface area contributed by atoms with Gasteiger partial charge in [0.1, 0.15) is 5.82 Å². The van der Waals surface area contributed by atoms with Gasteiger partial charge in [-0.05, 0) is 80.8 Å². The standard InChI is InChI=1S/C31H29FN4O3S2/c1-2-39-30(37)27-18-40-31(34-27)36-28(16-21-5-6-21)25(15-20-8-12-24(13-9-20)41(33)38)29(35-36)23-11-14-26(32)22(17-23)10-7-19-3-4-19/h8-9,11-14,17-19,21H,2-6,15-16H2,1H3,(H2,33,38)/p+1. The maximum atomic E-state index is 14.8. The van der Waals surface area contributed by atoms with Crippen molar-refractivity contribution in [1.82, 2.24) is 14.8 Å². The number of carbonyl (C=O) groups excluding carboxylic acids is 1. The third-order valence-electron chi connectivity index (χ3n) is 7.23. The largest absolute Gasteiger partial charge is 0.461 e. The van der Waals surface area contributed by atoms with Crippen LogP contribution in [0, 0.1) is 29.5 Å². The molecule has 0 saturated heterocycles. The predicted octanol–water partition coefficient (Wildman–Crippen LogP) is 5.55. The van der Waals surface area contributed by atoms with Crippen LogP contribution in [0.1, 0.15) is 65.5 Å². The van der Waals surface area contributed by atoms with Crippen molar-refractivity contribution in [2.24, 2.45) is 17.0 Å². The van der Waals surface area contributed by atoms with Crippen molar-refractivity contribution < 1.29 is 18.1 Å². The van der Waals surface area contributed by atoms with Gasteiger partial charge in [0.05, 0.1) is 23.6 Å². The Morgan fingerprint density at radius 1 is 1.20 bits per heavy atom. The van der Waals surface area contributed by atoms with Crippen LogP contribution >= 0.6 is 11.3 Å². The zero-order valence-electron chi connectivity index (χ0n) is 22.6. The molecule has 7 nitrogen and oxygen atoms in total. The van der Waals surface area contributed by atoms with E-state index in [1.165, 1.54) is 17.4 Å². The molecule has 4 aromatic rings. The molecular weight excluding hydrogens is 559 g/mol. The van der Waals surface area contributed by atoms with E-state index in [1.807, 2.05) is 16.8 Å². The molecule has 2 aliphatic carbocycles. The highest BCUT2D eigenvalue weighted by Crippen LogP contribution is 2.38. The number of halogens is 1. The molecule has 2 heterocycles. The molecule has 0 spiro atoms. The molecule has 1 unspecified atom stereocenters. The van der Waals surface area contributed by atoms with E-state index < -0.39 is 17.0 Å². The SMILES string of the molecule is CCOC(=O)c1csc(-n2nc(-c3ccc(F)c(C#CC4CC4)c3)c(Cc3ccc([SH+](N)=O)cc3)c2CC2CC2)n1. The van der Waals surface area contributed by atoms with Crippen LogP contribution in [0.2, 0.25) is 0 Å². The Balaban J connectivity index is 1.48. The molecule has 41 heavy (non-hydrogen) atoms. The minimum absolute atomic E-state index is 0.244. The van der Waals surface area contributed by atoms with Gasteiger partial charge in [-0.25, -0.2) is 18.9 Å². The lowest BCUT2D eigenvalue weighted by Crippen LogP contribution is -2.08. The number of esters is 1. The number of hydrogen-bond donors (Lipinski definition) is 1. The Bertz CT molecular complexity index is 1690. The van der Waals surface area contributed by atoms with Crippen LogP contribution in [0.15, 0.2) is 52.7 Å². The summed E-state index contributed by atoms with van der Waals surface area (Å²) in [6.45, 7) is 2.03. The lowest BCUT2D eigenvalue weighted by Gasteiger charge is -2.09. The van der Waals surface area contributed by atoms with Gasteiger partial charge in [-0.2, -0.15) is 5.10 Å². The number of ether oxygens (including phenoxy) is 1. The molecule has 2 aliphatic rings. The van der Waals surface area contributed by atoms with Gasteiger partial charge < -0.3 is 4.74 Å². The van der Waals surface area contributed by atoms with Crippen LogP contribution in [-0.4, -0.2) is 27.3 Å². The third kappa shape index (κ3) is 6.32. The number of thiazole rings is 1. The molecule has 210 valence electrons.